The highest BCUT2D eigenvalue weighted by molar-refractivity contribution is 6.30. The highest BCUT2D eigenvalue weighted by Gasteiger charge is 2.18. The lowest BCUT2D eigenvalue weighted by Crippen LogP contribution is -2.36. The SMILES string of the molecule is CCNC(=O)CNC(=O)c1cc(-c2ccccc2)nc2c1cnn2Cc1ccc(Cl)cc1. The molecule has 2 N–H and O–H groups in total. The first kappa shape index (κ1) is 21.5. The van der Waals surface area contributed by atoms with Gasteiger partial charge < -0.3 is 10.6 Å². The molecule has 32 heavy (non-hydrogen) atoms. The number of carbonyl (C=O) groups is 2. The third-order valence-electron chi connectivity index (χ3n) is 4.95. The van der Waals surface area contributed by atoms with Gasteiger partial charge in [-0.15, -0.1) is 0 Å². The number of amides is 2. The van der Waals surface area contributed by atoms with Gasteiger partial charge in [0.15, 0.2) is 5.65 Å². The summed E-state index contributed by atoms with van der Waals surface area (Å²) in [6, 6.07) is 18.9. The molecule has 0 radical (unpaired) electrons. The number of hydrogen-bond acceptors (Lipinski definition) is 4. The Hall–Kier alpha value is -3.71. The average molecular weight is 448 g/mol. The Bertz CT molecular complexity index is 1250. The van der Waals surface area contributed by atoms with Gasteiger partial charge in [0.25, 0.3) is 5.91 Å². The number of benzene rings is 2. The zero-order valence-electron chi connectivity index (χ0n) is 17.5. The maximum absolute atomic E-state index is 13.0. The monoisotopic (exact) mass is 447 g/mol. The molecule has 7 nitrogen and oxygen atoms in total. The molecule has 0 aliphatic heterocycles. The van der Waals surface area contributed by atoms with E-state index >= 15 is 0 Å². The van der Waals surface area contributed by atoms with E-state index in [2.05, 4.69) is 15.7 Å². The number of halogens is 1. The number of fused-ring (bicyclic) bond motifs is 1. The molecule has 0 spiro atoms. The molecule has 0 saturated carbocycles. The summed E-state index contributed by atoms with van der Waals surface area (Å²) in [4.78, 5) is 29.6. The van der Waals surface area contributed by atoms with Crippen LogP contribution < -0.4 is 10.6 Å². The van der Waals surface area contributed by atoms with Crippen LogP contribution in [0.2, 0.25) is 5.02 Å². The summed E-state index contributed by atoms with van der Waals surface area (Å²) in [5.41, 5.74) is 3.55. The molecule has 0 aliphatic rings. The maximum atomic E-state index is 13.0. The lowest BCUT2D eigenvalue weighted by Gasteiger charge is -2.10. The second kappa shape index (κ2) is 9.62. The quantitative estimate of drug-likeness (QED) is 0.452. The van der Waals surface area contributed by atoms with Crippen LogP contribution in [0.25, 0.3) is 22.3 Å². The van der Waals surface area contributed by atoms with Gasteiger partial charge in [-0.25, -0.2) is 9.67 Å². The third kappa shape index (κ3) is 4.78. The van der Waals surface area contributed by atoms with E-state index in [4.69, 9.17) is 16.6 Å². The highest BCUT2D eigenvalue weighted by atomic mass is 35.5. The molecule has 2 aromatic heterocycles. The van der Waals surface area contributed by atoms with Crippen LogP contribution in [0.15, 0.2) is 66.9 Å². The minimum atomic E-state index is -0.355. The van der Waals surface area contributed by atoms with Crippen LogP contribution in [-0.2, 0) is 11.3 Å². The largest absolute Gasteiger partial charge is 0.355 e. The highest BCUT2D eigenvalue weighted by Crippen LogP contribution is 2.25. The predicted octanol–water partition coefficient (Wildman–Crippen LogP) is 3.67. The van der Waals surface area contributed by atoms with E-state index < -0.39 is 0 Å². The van der Waals surface area contributed by atoms with Crippen LogP contribution in [0.3, 0.4) is 0 Å². The first-order valence-electron chi connectivity index (χ1n) is 10.3. The Kier molecular flexibility index (Phi) is 6.47. The van der Waals surface area contributed by atoms with Crippen molar-refractivity contribution in [3.63, 3.8) is 0 Å². The van der Waals surface area contributed by atoms with E-state index in [1.54, 1.807) is 16.9 Å². The van der Waals surface area contributed by atoms with Crippen LogP contribution in [-0.4, -0.2) is 39.7 Å². The van der Waals surface area contributed by atoms with Crippen molar-refractivity contribution in [1.29, 1.82) is 0 Å². The van der Waals surface area contributed by atoms with Crippen molar-refractivity contribution in [2.75, 3.05) is 13.1 Å². The number of pyridine rings is 1. The first-order valence-corrected chi connectivity index (χ1v) is 10.6. The molecule has 2 aromatic carbocycles. The predicted molar refractivity (Wildman–Crippen MR) is 125 cm³/mol. The number of carbonyl (C=O) groups excluding carboxylic acids is 2. The van der Waals surface area contributed by atoms with Gasteiger partial charge in [0, 0.05) is 17.1 Å². The maximum Gasteiger partial charge on any atom is 0.252 e. The summed E-state index contributed by atoms with van der Waals surface area (Å²) in [6.45, 7) is 2.71. The number of hydrogen-bond donors (Lipinski definition) is 2. The molecule has 162 valence electrons. The summed E-state index contributed by atoms with van der Waals surface area (Å²) < 4.78 is 1.76. The fourth-order valence-corrected chi connectivity index (χ4v) is 3.51. The Balaban J connectivity index is 1.74. The minimum Gasteiger partial charge on any atom is -0.355 e. The molecule has 2 heterocycles. The smallest absolute Gasteiger partial charge is 0.252 e. The van der Waals surface area contributed by atoms with Crippen LogP contribution in [0.4, 0.5) is 0 Å². The van der Waals surface area contributed by atoms with Crippen LogP contribution in [0.1, 0.15) is 22.8 Å². The average Bonchev–Trinajstić information content (AvgIpc) is 3.22. The zero-order chi connectivity index (χ0) is 22.5. The van der Waals surface area contributed by atoms with E-state index in [-0.39, 0.29) is 18.4 Å². The van der Waals surface area contributed by atoms with Crippen molar-refractivity contribution in [3.8, 4) is 11.3 Å². The summed E-state index contributed by atoms with van der Waals surface area (Å²) in [6.07, 6.45) is 1.63. The van der Waals surface area contributed by atoms with Crippen molar-refractivity contribution < 1.29 is 9.59 Å². The van der Waals surface area contributed by atoms with Crippen molar-refractivity contribution >= 4 is 34.4 Å². The fourth-order valence-electron chi connectivity index (χ4n) is 3.39. The zero-order valence-corrected chi connectivity index (χ0v) is 18.3. The van der Waals surface area contributed by atoms with Crippen molar-refractivity contribution in [1.82, 2.24) is 25.4 Å². The summed E-state index contributed by atoms with van der Waals surface area (Å²) >= 11 is 6.00. The Labute approximate surface area is 190 Å². The lowest BCUT2D eigenvalue weighted by atomic mass is 10.1. The topological polar surface area (TPSA) is 88.9 Å². The minimum absolute atomic E-state index is 0.101. The Morgan fingerprint density at radius 1 is 1.03 bits per heavy atom. The van der Waals surface area contributed by atoms with Gasteiger partial charge in [-0.2, -0.15) is 5.10 Å². The second-order valence-electron chi connectivity index (χ2n) is 7.22. The Morgan fingerprint density at radius 2 is 1.78 bits per heavy atom. The van der Waals surface area contributed by atoms with Gasteiger partial charge in [0.1, 0.15) is 0 Å². The summed E-state index contributed by atoms with van der Waals surface area (Å²) in [7, 11) is 0. The normalized spacial score (nSPS) is 10.8. The second-order valence-corrected chi connectivity index (χ2v) is 7.66. The molecule has 0 fully saturated rings. The number of aromatic nitrogens is 3. The van der Waals surface area contributed by atoms with E-state index in [9.17, 15) is 9.59 Å². The molecular weight excluding hydrogens is 426 g/mol. The molecule has 0 saturated heterocycles. The van der Waals surface area contributed by atoms with E-state index in [1.165, 1.54) is 0 Å². The van der Waals surface area contributed by atoms with Gasteiger partial charge in [0.2, 0.25) is 5.91 Å². The Morgan fingerprint density at radius 3 is 2.50 bits per heavy atom. The molecule has 0 atom stereocenters. The molecule has 2 amide bonds. The van der Waals surface area contributed by atoms with Gasteiger partial charge >= 0.3 is 0 Å². The number of rotatable bonds is 7. The van der Waals surface area contributed by atoms with Gasteiger partial charge in [0.05, 0.1) is 35.9 Å². The van der Waals surface area contributed by atoms with Gasteiger partial charge in [-0.3, -0.25) is 9.59 Å². The van der Waals surface area contributed by atoms with Gasteiger partial charge in [-0.1, -0.05) is 54.1 Å². The standard InChI is InChI=1S/C24H22ClN5O2/c1-2-26-22(31)14-27-24(32)19-12-21(17-6-4-3-5-7-17)29-23-20(19)13-28-30(23)15-16-8-10-18(25)11-9-16/h3-13H,2,14-15H2,1H3,(H,26,31)(H,27,32). The third-order valence-corrected chi connectivity index (χ3v) is 5.20. The lowest BCUT2D eigenvalue weighted by molar-refractivity contribution is -0.120. The molecular formula is C24H22ClN5O2. The molecule has 0 aliphatic carbocycles. The van der Waals surface area contributed by atoms with Crippen molar-refractivity contribution in [2.24, 2.45) is 0 Å². The van der Waals surface area contributed by atoms with E-state index in [0.717, 1.165) is 11.1 Å². The fraction of sp³-hybridized carbons (Fsp3) is 0.167. The van der Waals surface area contributed by atoms with Crippen LogP contribution >= 0.6 is 11.6 Å². The molecule has 4 rings (SSSR count). The number of nitrogens with one attached hydrogen (secondary N) is 2. The molecule has 8 heteroatoms. The molecule has 4 aromatic rings. The van der Waals surface area contributed by atoms with E-state index in [0.29, 0.717) is 40.4 Å². The molecule has 0 bridgehead atoms. The first-order chi connectivity index (χ1) is 15.5. The number of likely N-dealkylation sites (N-methyl/N-ethyl adjacent to an activating group) is 1. The van der Waals surface area contributed by atoms with E-state index in [1.807, 2.05) is 61.5 Å². The van der Waals surface area contributed by atoms with Crippen LogP contribution in [0.5, 0.6) is 0 Å². The van der Waals surface area contributed by atoms with Crippen molar-refractivity contribution in [2.45, 2.75) is 13.5 Å². The van der Waals surface area contributed by atoms with Crippen LogP contribution in [0, 0.1) is 0 Å². The van der Waals surface area contributed by atoms with Gasteiger partial charge in [-0.05, 0) is 30.7 Å². The summed E-state index contributed by atoms with van der Waals surface area (Å²) in [5, 5.41) is 11.1. The summed E-state index contributed by atoms with van der Waals surface area (Å²) in [5.74, 6) is -0.597. The van der Waals surface area contributed by atoms with Crippen molar-refractivity contribution in [3.05, 3.63) is 83.0 Å². The number of nitrogens with zero attached hydrogens (tertiary/aromatic N) is 3. The molecule has 0 unspecified atom stereocenters.